The molecule has 78 valence electrons. The second-order valence-electron chi connectivity index (χ2n) is 4.17. The highest BCUT2D eigenvalue weighted by Gasteiger charge is 2.33. The van der Waals surface area contributed by atoms with Gasteiger partial charge < -0.3 is 4.90 Å². The van der Waals surface area contributed by atoms with Gasteiger partial charge in [-0.15, -0.1) is 0 Å². The Morgan fingerprint density at radius 3 is 2.13 bits per heavy atom. The molecule has 0 saturated carbocycles. The van der Waals surface area contributed by atoms with Crippen molar-refractivity contribution in [2.45, 2.75) is 19.9 Å². The number of benzene rings is 1. The second-order valence-corrected chi connectivity index (χ2v) is 4.17. The van der Waals surface area contributed by atoms with Gasteiger partial charge in [-0.05, 0) is 24.6 Å². The van der Waals surface area contributed by atoms with Crippen molar-refractivity contribution in [1.82, 2.24) is 0 Å². The average molecular weight is 199 g/mol. The Labute approximate surface area is 91.7 Å². The molecule has 1 saturated heterocycles. The van der Waals surface area contributed by atoms with Crippen LogP contribution in [0, 0.1) is 5.92 Å². The Bertz CT molecular complexity index is 391. The Morgan fingerprint density at radius 2 is 1.67 bits per heavy atom. The first-order chi connectivity index (χ1) is 7.13. The highest BCUT2D eigenvalue weighted by Crippen LogP contribution is 2.38. The standard InChI is InChI=1S/C14H17N/c1-10-11(2)13(4)15(12(10)3)14-8-6-5-7-9-14/h5-9,11-12H,1,4H2,2-3H3. The summed E-state index contributed by atoms with van der Waals surface area (Å²) < 4.78 is 0. The summed E-state index contributed by atoms with van der Waals surface area (Å²) in [5.74, 6) is 0.389. The minimum absolute atomic E-state index is 0.356. The van der Waals surface area contributed by atoms with E-state index >= 15 is 0 Å². The minimum atomic E-state index is 0.356. The number of rotatable bonds is 1. The van der Waals surface area contributed by atoms with E-state index in [-0.39, 0.29) is 0 Å². The van der Waals surface area contributed by atoms with E-state index in [4.69, 9.17) is 0 Å². The lowest BCUT2D eigenvalue weighted by Gasteiger charge is -2.25. The number of hydrogen-bond acceptors (Lipinski definition) is 1. The third kappa shape index (κ3) is 1.48. The topological polar surface area (TPSA) is 3.24 Å². The lowest BCUT2D eigenvalue weighted by Crippen LogP contribution is -2.25. The summed E-state index contributed by atoms with van der Waals surface area (Å²) in [6.07, 6.45) is 0. The summed E-state index contributed by atoms with van der Waals surface area (Å²) in [4.78, 5) is 2.27. The predicted octanol–water partition coefficient (Wildman–Crippen LogP) is 3.60. The molecular weight excluding hydrogens is 182 g/mol. The van der Waals surface area contributed by atoms with Crippen molar-refractivity contribution in [3.8, 4) is 0 Å². The molecule has 0 aliphatic carbocycles. The van der Waals surface area contributed by atoms with Crippen LogP contribution in [0.15, 0.2) is 54.8 Å². The van der Waals surface area contributed by atoms with E-state index in [1.54, 1.807) is 0 Å². The maximum atomic E-state index is 4.16. The Balaban J connectivity index is 2.39. The van der Waals surface area contributed by atoms with Crippen molar-refractivity contribution in [2.75, 3.05) is 4.90 Å². The van der Waals surface area contributed by atoms with Crippen LogP contribution < -0.4 is 4.90 Å². The van der Waals surface area contributed by atoms with Gasteiger partial charge >= 0.3 is 0 Å². The van der Waals surface area contributed by atoms with Crippen LogP contribution in [0.1, 0.15) is 13.8 Å². The highest BCUT2D eigenvalue weighted by molar-refractivity contribution is 5.59. The van der Waals surface area contributed by atoms with Gasteiger partial charge in [0.15, 0.2) is 0 Å². The predicted molar refractivity (Wildman–Crippen MR) is 65.8 cm³/mol. The number of nitrogens with zero attached hydrogens (tertiary/aromatic N) is 1. The first kappa shape index (κ1) is 10.0. The lowest BCUT2D eigenvalue weighted by atomic mass is 10.0. The fourth-order valence-corrected chi connectivity index (χ4v) is 2.18. The molecule has 0 bridgehead atoms. The summed E-state index contributed by atoms with van der Waals surface area (Å²) in [6.45, 7) is 12.7. The summed E-state index contributed by atoms with van der Waals surface area (Å²) in [5, 5.41) is 0. The van der Waals surface area contributed by atoms with E-state index in [1.807, 2.05) is 6.07 Å². The molecule has 2 unspecified atom stereocenters. The zero-order chi connectivity index (χ0) is 11.0. The maximum absolute atomic E-state index is 4.16. The number of anilines is 1. The molecule has 0 spiro atoms. The van der Waals surface area contributed by atoms with Crippen LogP contribution in [0.25, 0.3) is 0 Å². The first-order valence-corrected chi connectivity index (χ1v) is 5.34. The number of allylic oxidation sites excluding steroid dienone is 1. The molecule has 1 aliphatic heterocycles. The third-order valence-corrected chi connectivity index (χ3v) is 3.32. The molecule has 0 radical (unpaired) electrons. The Hall–Kier alpha value is -1.50. The molecule has 1 heterocycles. The van der Waals surface area contributed by atoms with Gasteiger partial charge in [-0.1, -0.05) is 38.3 Å². The zero-order valence-corrected chi connectivity index (χ0v) is 9.40. The molecule has 0 N–H and O–H groups in total. The highest BCUT2D eigenvalue weighted by atomic mass is 15.2. The van der Waals surface area contributed by atoms with Crippen LogP contribution >= 0.6 is 0 Å². The Kier molecular flexibility index (Phi) is 2.39. The normalized spacial score (nSPS) is 26.1. The molecule has 15 heavy (non-hydrogen) atoms. The van der Waals surface area contributed by atoms with Crippen molar-refractivity contribution >= 4 is 5.69 Å². The molecular formula is C14H17N. The minimum Gasteiger partial charge on any atom is -0.338 e. The SMILES string of the molecule is C=C1C(C)C(=C)N(c2ccccc2)C1C. The van der Waals surface area contributed by atoms with Crippen LogP contribution in [-0.2, 0) is 0 Å². The molecule has 1 aromatic carbocycles. The third-order valence-electron chi connectivity index (χ3n) is 3.32. The van der Waals surface area contributed by atoms with Crippen LogP contribution in [0.4, 0.5) is 5.69 Å². The molecule has 2 rings (SSSR count). The quantitative estimate of drug-likeness (QED) is 0.625. The molecule has 1 nitrogen and oxygen atoms in total. The molecule has 1 aromatic rings. The monoisotopic (exact) mass is 199 g/mol. The van der Waals surface area contributed by atoms with Gasteiger partial charge in [0.2, 0.25) is 0 Å². The van der Waals surface area contributed by atoms with Crippen molar-refractivity contribution in [2.24, 2.45) is 5.92 Å². The number of para-hydroxylation sites is 1. The molecule has 0 amide bonds. The van der Waals surface area contributed by atoms with Crippen molar-refractivity contribution in [1.29, 1.82) is 0 Å². The molecule has 1 aliphatic rings. The molecule has 1 fully saturated rings. The van der Waals surface area contributed by atoms with Crippen LogP contribution in [0.5, 0.6) is 0 Å². The van der Waals surface area contributed by atoms with E-state index in [2.05, 4.69) is 56.2 Å². The summed E-state index contributed by atoms with van der Waals surface area (Å²) in [7, 11) is 0. The molecule has 2 atom stereocenters. The van der Waals surface area contributed by atoms with E-state index in [0.29, 0.717) is 12.0 Å². The number of hydrogen-bond donors (Lipinski definition) is 0. The van der Waals surface area contributed by atoms with Crippen molar-refractivity contribution < 1.29 is 0 Å². The Morgan fingerprint density at radius 1 is 1.07 bits per heavy atom. The van der Waals surface area contributed by atoms with Gasteiger partial charge in [-0.2, -0.15) is 0 Å². The summed E-state index contributed by atoms with van der Waals surface area (Å²) in [5.41, 5.74) is 3.61. The van der Waals surface area contributed by atoms with Gasteiger partial charge in [0.1, 0.15) is 0 Å². The van der Waals surface area contributed by atoms with Crippen LogP contribution in [0.3, 0.4) is 0 Å². The van der Waals surface area contributed by atoms with Crippen LogP contribution in [-0.4, -0.2) is 6.04 Å². The van der Waals surface area contributed by atoms with E-state index in [0.717, 1.165) is 5.70 Å². The zero-order valence-electron chi connectivity index (χ0n) is 9.40. The smallest absolute Gasteiger partial charge is 0.0523 e. The van der Waals surface area contributed by atoms with Crippen molar-refractivity contribution in [3.63, 3.8) is 0 Å². The van der Waals surface area contributed by atoms with Gasteiger partial charge in [0, 0.05) is 17.3 Å². The van der Waals surface area contributed by atoms with Gasteiger partial charge in [-0.3, -0.25) is 0 Å². The summed E-state index contributed by atoms with van der Waals surface area (Å²) >= 11 is 0. The molecule has 1 heteroatoms. The van der Waals surface area contributed by atoms with Gasteiger partial charge in [0.25, 0.3) is 0 Å². The van der Waals surface area contributed by atoms with Crippen molar-refractivity contribution in [3.05, 3.63) is 54.8 Å². The maximum Gasteiger partial charge on any atom is 0.0523 e. The average Bonchev–Trinajstić information content (AvgIpc) is 2.45. The van der Waals surface area contributed by atoms with Crippen LogP contribution in [0.2, 0.25) is 0 Å². The van der Waals surface area contributed by atoms with Gasteiger partial charge in [-0.25, -0.2) is 0 Å². The van der Waals surface area contributed by atoms with Gasteiger partial charge in [0.05, 0.1) is 6.04 Å². The largest absolute Gasteiger partial charge is 0.338 e. The second kappa shape index (κ2) is 3.58. The molecule has 0 aromatic heterocycles. The summed E-state index contributed by atoms with van der Waals surface area (Å²) in [6, 6.07) is 10.7. The van der Waals surface area contributed by atoms with E-state index in [9.17, 15) is 0 Å². The lowest BCUT2D eigenvalue weighted by molar-refractivity contribution is 0.833. The first-order valence-electron chi connectivity index (χ1n) is 5.34. The van der Waals surface area contributed by atoms with E-state index in [1.165, 1.54) is 11.3 Å². The fraction of sp³-hybridized carbons (Fsp3) is 0.286. The fourth-order valence-electron chi connectivity index (χ4n) is 2.18. The van der Waals surface area contributed by atoms with E-state index < -0.39 is 0 Å².